The van der Waals surface area contributed by atoms with Gasteiger partial charge in [0.05, 0.1) is 10.5 Å². The summed E-state index contributed by atoms with van der Waals surface area (Å²) in [6.07, 6.45) is 8.65. The van der Waals surface area contributed by atoms with Crippen LogP contribution in [-0.4, -0.2) is 10.9 Å². The largest absolute Gasteiger partial charge is 0.869 e. The Hall–Kier alpha value is -4.33. The van der Waals surface area contributed by atoms with Crippen molar-refractivity contribution >= 4 is 28.7 Å². The SMILES string of the molecule is O=C(Oc1ccc2c([O-])c(C=C3C=CNC=C3)oc2c1)c1cccc([N+](=O)[O-])c1. The van der Waals surface area contributed by atoms with E-state index < -0.39 is 10.9 Å². The molecule has 0 radical (unpaired) electrons. The molecule has 3 aromatic rings. The van der Waals surface area contributed by atoms with Gasteiger partial charge < -0.3 is 19.6 Å². The lowest BCUT2D eigenvalue weighted by atomic mass is 10.1. The maximum absolute atomic E-state index is 12.5. The van der Waals surface area contributed by atoms with Crippen molar-refractivity contribution in [2.24, 2.45) is 0 Å². The highest BCUT2D eigenvalue weighted by molar-refractivity contribution is 5.93. The summed E-state index contributed by atoms with van der Waals surface area (Å²) in [5.74, 6) is -0.712. The third-order valence-corrected chi connectivity index (χ3v) is 4.19. The van der Waals surface area contributed by atoms with Crippen molar-refractivity contribution in [2.75, 3.05) is 0 Å². The predicted molar refractivity (Wildman–Crippen MR) is 103 cm³/mol. The fraction of sp³-hybridized carbons (Fsp3) is 0. The van der Waals surface area contributed by atoms with Crippen LogP contribution in [0.5, 0.6) is 11.5 Å². The van der Waals surface area contributed by atoms with Crippen molar-refractivity contribution in [3.05, 3.63) is 94.0 Å². The number of esters is 1. The number of non-ortho nitro benzene ring substituents is 1. The van der Waals surface area contributed by atoms with Crippen molar-refractivity contribution in [3.8, 4) is 11.5 Å². The fourth-order valence-corrected chi connectivity index (χ4v) is 2.79. The number of ether oxygens (including phenoxy) is 1. The van der Waals surface area contributed by atoms with Gasteiger partial charge in [-0.05, 0) is 42.0 Å². The lowest BCUT2D eigenvalue weighted by molar-refractivity contribution is -0.384. The zero-order valence-electron chi connectivity index (χ0n) is 14.8. The second kappa shape index (κ2) is 7.35. The Balaban J connectivity index is 1.61. The number of furan rings is 1. The molecule has 1 aliphatic rings. The zero-order valence-corrected chi connectivity index (χ0v) is 14.8. The second-order valence-corrected chi connectivity index (χ2v) is 6.13. The van der Waals surface area contributed by atoms with E-state index in [1.165, 1.54) is 36.4 Å². The Kier molecular flexibility index (Phi) is 4.58. The average Bonchev–Trinajstić information content (AvgIpc) is 3.03. The van der Waals surface area contributed by atoms with E-state index in [0.717, 1.165) is 11.6 Å². The van der Waals surface area contributed by atoms with Gasteiger partial charge in [-0.1, -0.05) is 11.8 Å². The van der Waals surface area contributed by atoms with Crippen molar-refractivity contribution in [1.29, 1.82) is 0 Å². The standard InChI is InChI=1S/C21H14N2O6/c24-20-17-5-4-16(28-21(25)14-2-1-3-15(11-14)23(26)27)12-18(17)29-19(20)10-13-6-8-22-9-7-13/h1-12,22,24H/p-1. The van der Waals surface area contributed by atoms with Crippen LogP contribution in [0.25, 0.3) is 17.0 Å². The molecule has 0 saturated heterocycles. The maximum Gasteiger partial charge on any atom is 0.343 e. The van der Waals surface area contributed by atoms with Gasteiger partial charge in [-0.3, -0.25) is 10.1 Å². The molecule has 0 spiro atoms. The molecule has 0 saturated carbocycles. The van der Waals surface area contributed by atoms with E-state index in [9.17, 15) is 20.0 Å². The van der Waals surface area contributed by atoms with Gasteiger partial charge in [0.25, 0.3) is 5.69 Å². The Morgan fingerprint density at radius 1 is 1.14 bits per heavy atom. The van der Waals surface area contributed by atoms with Crippen molar-refractivity contribution in [3.63, 3.8) is 0 Å². The van der Waals surface area contributed by atoms with E-state index in [4.69, 9.17) is 9.15 Å². The van der Waals surface area contributed by atoms with Crippen LogP contribution < -0.4 is 15.2 Å². The highest BCUT2D eigenvalue weighted by atomic mass is 16.6. The van der Waals surface area contributed by atoms with E-state index in [0.29, 0.717) is 5.39 Å². The smallest absolute Gasteiger partial charge is 0.343 e. The Morgan fingerprint density at radius 2 is 1.93 bits per heavy atom. The summed E-state index contributed by atoms with van der Waals surface area (Å²) in [6.45, 7) is 0. The van der Waals surface area contributed by atoms with Gasteiger partial charge in [-0.25, -0.2) is 4.79 Å². The van der Waals surface area contributed by atoms with E-state index in [1.807, 2.05) is 0 Å². The van der Waals surface area contributed by atoms with E-state index in [2.05, 4.69) is 5.32 Å². The summed E-state index contributed by atoms with van der Waals surface area (Å²) < 4.78 is 10.9. The molecule has 2 aromatic carbocycles. The number of nitro groups is 1. The van der Waals surface area contributed by atoms with Crippen LogP contribution in [0.1, 0.15) is 16.1 Å². The van der Waals surface area contributed by atoms with E-state index in [-0.39, 0.29) is 34.1 Å². The molecule has 0 bridgehead atoms. The van der Waals surface area contributed by atoms with Gasteiger partial charge >= 0.3 is 5.97 Å². The summed E-state index contributed by atoms with van der Waals surface area (Å²) in [6, 6.07) is 9.64. The predicted octanol–water partition coefficient (Wildman–Crippen LogP) is 3.65. The minimum absolute atomic E-state index is 0.0400. The molecule has 0 amide bonds. The number of nitrogens with one attached hydrogen (secondary N) is 1. The number of hydrogen-bond acceptors (Lipinski definition) is 7. The van der Waals surface area contributed by atoms with Crippen LogP contribution in [0.3, 0.4) is 0 Å². The Bertz CT molecular complexity index is 1210. The van der Waals surface area contributed by atoms with Crippen molar-refractivity contribution in [1.82, 2.24) is 5.32 Å². The number of benzene rings is 2. The molecular formula is C21H13N2O6-. The molecule has 0 unspecified atom stereocenters. The van der Waals surface area contributed by atoms with Gasteiger partial charge in [0.2, 0.25) is 0 Å². The summed E-state index contributed by atoms with van der Waals surface area (Å²) in [4.78, 5) is 22.6. The molecule has 8 nitrogen and oxygen atoms in total. The third-order valence-electron chi connectivity index (χ3n) is 4.19. The number of dihydropyridines is 1. The van der Waals surface area contributed by atoms with E-state index in [1.54, 1.807) is 30.6 Å². The number of fused-ring (bicyclic) bond motifs is 1. The minimum Gasteiger partial charge on any atom is -0.869 e. The minimum atomic E-state index is -0.755. The van der Waals surface area contributed by atoms with Gasteiger partial charge in [-0.15, -0.1) is 0 Å². The normalized spacial score (nSPS) is 12.6. The van der Waals surface area contributed by atoms with Crippen LogP contribution in [0.2, 0.25) is 0 Å². The Morgan fingerprint density at radius 3 is 2.69 bits per heavy atom. The molecule has 4 rings (SSSR count). The second-order valence-electron chi connectivity index (χ2n) is 6.13. The molecule has 0 aliphatic carbocycles. The molecule has 8 heteroatoms. The summed E-state index contributed by atoms with van der Waals surface area (Å²) >= 11 is 0. The molecule has 29 heavy (non-hydrogen) atoms. The van der Waals surface area contributed by atoms with Gasteiger partial charge in [0.15, 0.2) is 0 Å². The number of carbonyl (C=O) groups is 1. The first-order valence-electron chi connectivity index (χ1n) is 8.52. The molecule has 1 N–H and O–H groups in total. The monoisotopic (exact) mass is 389 g/mol. The molecular weight excluding hydrogens is 376 g/mol. The summed E-state index contributed by atoms with van der Waals surface area (Å²) in [5, 5.41) is 26.6. The lowest BCUT2D eigenvalue weighted by Crippen LogP contribution is -2.08. The average molecular weight is 389 g/mol. The van der Waals surface area contributed by atoms with Crippen LogP contribution in [0, 0.1) is 10.1 Å². The molecule has 0 fully saturated rings. The fourth-order valence-electron chi connectivity index (χ4n) is 2.79. The number of nitro benzene ring substituents is 1. The number of carbonyl (C=O) groups excluding carboxylic acids is 1. The van der Waals surface area contributed by atoms with Crippen LogP contribution in [0.4, 0.5) is 5.69 Å². The van der Waals surface area contributed by atoms with Crippen molar-refractivity contribution < 1.29 is 24.0 Å². The first-order chi connectivity index (χ1) is 14.0. The van der Waals surface area contributed by atoms with Crippen LogP contribution in [-0.2, 0) is 0 Å². The van der Waals surface area contributed by atoms with Crippen molar-refractivity contribution in [2.45, 2.75) is 0 Å². The van der Waals surface area contributed by atoms with Crippen LogP contribution >= 0.6 is 0 Å². The third kappa shape index (κ3) is 3.72. The van der Waals surface area contributed by atoms with E-state index >= 15 is 0 Å². The molecule has 2 heterocycles. The molecule has 1 aliphatic heterocycles. The Labute approximate surface area is 164 Å². The zero-order chi connectivity index (χ0) is 20.4. The van der Waals surface area contributed by atoms with Crippen LogP contribution in [0.15, 0.2) is 77.0 Å². The topological polar surface area (TPSA) is 118 Å². The molecule has 144 valence electrons. The van der Waals surface area contributed by atoms with Gasteiger partial charge in [0.1, 0.15) is 17.1 Å². The first-order valence-corrected chi connectivity index (χ1v) is 8.52. The summed E-state index contributed by atoms with van der Waals surface area (Å²) in [5.41, 5.74) is 0.888. The van der Waals surface area contributed by atoms with Gasteiger partial charge in [-0.2, -0.15) is 0 Å². The quantitative estimate of drug-likeness (QED) is 0.313. The molecule has 0 atom stereocenters. The number of allylic oxidation sites excluding steroid dienone is 3. The summed E-state index contributed by atoms with van der Waals surface area (Å²) in [7, 11) is 0. The maximum atomic E-state index is 12.5. The first kappa shape index (κ1) is 18.1. The molecule has 1 aromatic heterocycles. The highest BCUT2D eigenvalue weighted by Gasteiger charge is 2.15. The highest BCUT2D eigenvalue weighted by Crippen LogP contribution is 2.34. The number of hydrogen-bond donors (Lipinski definition) is 1. The number of nitrogens with zero attached hydrogens (tertiary/aromatic N) is 1. The number of rotatable bonds is 4. The lowest BCUT2D eigenvalue weighted by Gasteiger charge is -2.06. The van der Waals surface area contributed by atoms with Gasteiger partial charge in [0, 0.05) is 36.0 Å².